The summed E-state index contributed by atoms with van der Waals surface area (Å²) in [6.45, 7) is 0. The molecular weight excluding hydrogens is 447 g/mol. The lowest BCUT2D eigenvalue weighted by Crippen LogP contribution is -2.17. The highest BCUT2D eigenvalue weighted by Crippen LogP contribution is 2.40. The van der Waals surface area contributed by atoms with Crippen molar-refractivity contribution in [3.63, 3.8) is 0 Å². The summed E-state index contributed by atoms with van der Waals surface area (Å²) in [7, 11) is 1.59. The van der Waals surface area contributed by atoms with Crippen molar-refractivity contribution < 1.29 is 27.4 Å². The van der Waals surface area contributed by atoms with Gasteiger partial charge in [0.15, 0.2) is 0 Å². The van der Waals surface area contributed by atoms with Crippen LogP contribution in [0.5, 0.6) is 17.2 Å². The molecule has 0 atom stereocenters. The van der Waals surface area contributed by atoms with E-state index in [0.29, 0.717) is 22.9 Å². The molecular formula is C25H20F3N3O3. The first kappa shape index (κ1) is 21.8. The van der Waals surface area contributed by atoms with Crippen molar-refractivity contribution in [2.75, 3.05) is 7.11 Å². The molecule has 9 heteroatoms. The second-order valence-corrected chi connectivity index (χ2v) is 7.74. The zero-order valence-electron chi connectivity index (χ0n) is 18.1. The van der Waals surface area contributed by atoms with E-state index in [4.69, 9.17) is 9.47 Å². The van der Waals surface area contributed by atoms with E-state index in [1.165, 1.54) is 22.9 Å². The smallest absolute Gasteiger partial charge is 0.496 e. The van der Waals surface area contributed by atoms with Crippen molar-refractivity contribution >= 4 is 0 Å². The molecule has 0 radical (unpaired) electrons. The summed E-state index contributed by atoms with van der Waals surface area (Å²) < 4.78 is 55.9. The number of halogens is 3. The van der Waals surface area contributed by atoms with Crippen LogP contribution in [0.2, 0.25) is 0 Å². The third-order valence-electron chi connectivity index (χ3n) is 5.35. The lowest BCUT2D eigenvalue weighted by atomic mass is 9.99. The van der Waals surface area contributed by atoms with Crippen molar-refractivity contribution in [1.29, 1.82) is 0 Å². The number of hydrogen-bond acceptors (Lipinski definition) is 5. The molecule has 1 fully saturated rings. The van der Waals surface area contributed by atoms with Crippen LogP contribution in [0.4, 0.5) is 13.2 Å². The molecule has 0 amide bonds. The molecule has 174 valence electrons. The fourth-order valence-corrected chi connectivity index (χ4v) is 3.72. The lowest BCUT2D eigenvalue weighted by molar-refractivity contribution is -0.274. The van der Waals surface area contributed by atoms with Gasteiger partial charge in [-0.15, -0.1) is 13.2 Å². The molecule has 2 aromatic heterocycles. The standard InChI is InChI=1S/C25H20F3N3O3/c1-32-23-5-3-2-4-19(23)18-10-12-29-15-20(18)21-11-13-30-31(21)22-14-17(34-25(26,27)28)8-9-24(22)33-16-6-7-16/h2-5,8-16H,6-7H2,1H3. The van der Waals surface area contributed by atoms with E-state index in [9.17, 15) is 13.2 Å². The Morgan fingerprint density at radius 1 is 0.912 bits per heavy atom. The van der Waals surface area contributed by atoms with Crippen molar-refractivity contribution in [2.45, 2.75) is 25.3 Å². The molecule has 34 heavy (non-hydrogen) atoms. The quantitative estimate of drug-likeness (QED) is 0.331. The van der Waals surface area contributed by atoms with Crippen LogP contribution >= 0.6 is 0 Å². The van der Waals surface area contributed by atoms with E-state index in [-0.39, 0.29) is 11.9 Å². The molecule has 4 aromatic rings. The Labute approximate surface area is 193 Å². The van der Waals surface area contributed by atoms with Crippen molar-refractivity contribution in [1.82, 2.24) is 14.8 Å². The predicted molar refractivity (Wildman–Crippen MR) is 119 cm³/mol. The fourth-order valence-electron chi connectivity index (χ4n) is 3.72. The molecule has 1 saturated carbocycles. The van der Waals surface area contributed by atoms with Crippen LogP contribution in [-0.4, -0.2) is 34.3 Å². The van der Waals surface area contributed by atoms with Crippen LogP contribution in [-0.2, 0) is 0 Å². The average molecular weight is 467 g/mol. The normalized spacial score (nSPS) is 13.5. The average Bonchev–Trinajstić information content (AvgIpc) is 3.51. The monoisotopic (exact) mass is 467 g/mol. The van der Waals surface area contributed by atoms with Gasteiger partial charge >= 0.3 is 6.36 Å². The number of para-hydroxylation sites is 1. The van der Waals surface area contributed by atoms with E-state index in [0.717, 1.165) is 29.5 Å². The van der Waals surface area contributed by atoms with E-state index in [2.05, 4.69) is 14.8 Å². The summed E-state index contributed by atoms with van der Waals surface area (Å²) in [6, 6.07) is 15.2. The summed E-state index contributed by atoms with van der Waals surface area (Å²) in [5.41, 5.74) is 3.37. The summed E-state index contributed by atoms with van der Waals surface area (Å²) in [5, 5.41) is 4.41. The topological polar surface area (TPSA) is 58.4 Å². The number of nitrogens with zero attached hydrogens (tertiary/aromatic N) is 3. The number of aromatic nitrogens is 3. The lowest BCUT2D eigenvalue weighted by Gasteiger charge is -2.17. The van der Waals surface area contributed by atoms with E-state index in [1.807, 2.05) is 30.3 Å². The Hall–Kier alpha value is -4.01. The molecule has 0 unspecified atom stereocenters. The molecule has 6 nitrogen and oxygen atoms in total. The molecule has 5 rings (SSSR count). The SMILES string of the molecule is COc1ccccc1-c1ccncc1-c1ccnn1-c1cc(OC(F)(F)F)ccc1OC1CC1. The van der Waals surface area contributed by atoms with Crippen LogP contribution in [0, 0.1) is 0 Å². The van der Waals surface area contributed by atoms with Crippen molar-refractivity contribution in [3.05, 3.63) is 73.2 Å². The van der Waals surface area contributed by atoms with Gasteiger partial charge in [-0.1, -0.05) is 18.2 Å². The Bertz CT molecular complexity index is 1320. The van der Waals surface area contributed by atoms with Crippen molar-refractivity contribution in [2.24, 2.45) is 0 Å². The van der Waals surface area contributed by atoms with E-state index < -0.39 is 6.36 Å². The van der Waals surface area contributed by atoms with Gasteiger partial charge in [0.25, 0.3) is 0 Å². The second-order valence-electron chi connectivity index (χ2n) is 7.74. The number of alkyl halides is 3. The predicted octanol–water partition coefficient (Wildman–Crippen LogP) is 6.05. The highest BCUT2D eigenvalue weighted by Gasteiger charge is 2.32. The molecule has 1 aliphatic carbocycles. The maximum atomic E-state index is 12.9. The number of hydrogen-bond donors (Lipinski definition) is 0. The van der Waals surface area contributed by atoms with Gasteiger partial charge in [-0.2, -0.15) is 5.10 Å². The van der Waals surface area contributed by atoms with Gasteiger partial charge in [0.05, 0.1) is 25.1 Å². The zero-order valence-corrected chi connectivity index (χ0v) is 18.1. The van der Waals surface area contributed by atoms with Crippen LogP contribution in [0.1, 0.15) is 12.8 Å². The molecule has 2 aromatic carbocycles. The number of benzene rings is 2. The minimum atomic E-state index is -4.82. The highest BCUT2D eigenvalue weighted by atomic mass is 19.4. The van der Waals surface area contributed by atoms with Crippen LogP contribution in [0.15, 0.2) is 73.2 Å². The Morgan fingerprint density at radius 3 is 2.50 bits per heavy atom. The van der Waals surface area contributed by atoms with Crippen LogP contribution in [0.3, 0.4) is 0 Å². The van der Waals surface area contributed by atoms with Crippen molar-refractivity contribution in [3.8, 4) is 45.3 Å². The minimum absolute atomic E-state index is 0.0367. The largest absolute Gasteiger partial charge is 0.573 e. The molecule has 1 aliphatic rings. The van der Waals surface area contributed by atoms with Crippen LogP contribution < -0.4 is 14.2 Å². The van der Waals surface area contributed by atoms with Gasteiger partial charge in [-0.25, -0.2) is 4.68 Å². The molecule has 0 saturated heterocycles. The summed E-state index contributed by atoms with van der Waals surface area (Å²) in [4.78, 5) is 4.28. The maximum absolute atomic E-state index is 12.9. The third-order valence-corrected chi connectivity index (χ3v) is 5.35. The first-order valence-electron chi connectivity index (χ1n) is 10.6. The first-order valence-corrected chi connectivity index (χ1v) is 10.6. The Morgan fingerprint density at radius 2 is 1.74 bits per heavy atom. The fraction of sp³-hybridized carbons (Fsp3) is 0.200. The molecule has 0 N–H and O–H groups in total. The Balaban J connectivity index is 1.64. The summed E-state index contributed by atoms with van der Waals surface area (Å²) in [5.74, 6) is 0.743. The molecule has 0 aliphatic heterocycles. The highest BCUT2D eigenvalue weighted by molar-refractivity contribution is 5.85. The zero-order chi connectivity index (χ0) is 23.7. The van der Waals surface area contributed by atoms with Gasteiger partial charge in [0.2, 0.25) is 0 Å². The number of rotatable bonds is 7. The third kappa shape index (κ3) is 4.54. The van der Waals surface area contributed by atoms with E-state index >= 15 is 0 Å². The van der Waals surface area contributed by atoms with Gasteiger partial charge < -0.3 is 14.2 Å². The number of ether oxygens (including phenoxy) is 3. The molecule has 2 heterocycles. The summed E-state index contributed by atoms with van der Waals surface area (Å²) >= 11 is 0. The van der Waals surface area contributed by atoms with Crippen LogP contribution in [0.25, 0.3) is 28.1 Å². The first-order chi connectivity index (χ1) is 16.4. The number of methoxy groups -OCH3 is 1. The maximum Gasteiger partial charge on any atom is 0.573 e. The molecule has 0 bridgehead atoms. The summed E-state index contributed by atoms with van der Waals surface area (Å²) in [6.07, 6.45) is 1.95. The second kappa shape index (κ2) is 8.74. The van der Waals surface area contributed by atoms with Gasteiger partial charge in [-0.3, -0.25) is 4.98 Å². The van der Waals surface area contributed by atoms with Gasteiger partial charge in [0, 0.05) is 29.6 Å². The van der Waals surface area contributed by atoms with Gasteiger partial charge in [0.1, 0.15) is 22.9 Å². The van der Waals surface area contributed by atoms with Gasteiger partial charge in [-0.05, 0) is 48.7 Å². The molecule has 0 spiro atoms. The Kier molecular flexibility index (Phi) is 5.61. The van der Waals surface area contributed by atoms with E-state index in [1.54, 1.807) is 31.8 Å². The number of pyridine rings is 1. The minimum Gasteiger partial charge on any atom is -0.496 e.